The fourth-order valence-electron chi connectivity index (χ4n) is 2.46. The van der Waals surface area contributed by atoms with Crippen molar-refractivity contribution in [2.75, 3.05) is 18.5 Å². The second-order valence-corrected chi connectivity index (χ2v) is 6.07. The number of carbonyl (C=O) groups is 3. The normalized spacial score (nSPS) is 10.2. The lowest BCUT2D eigenvalue weighted by Gasteiger charge is -2.12. The second kappa shape index (κ2) is 9.52. The highest BCUT2D eigenvalue weighted by atomic mass is 16.6. The third kappa shape index (κ3) is 5.95. The highest BCUT2D eigenvalue weighted by molar-refractivity contribution is 5.96. The van der Waals surface area contributed by atoms with Crippen molar-refractivity contribution in [2.45, 2.75) is 27.2 Å². The Bertz CT molecular complexity index is 807. The van der Waals surface area contributed by atoms with Crippen molar-refractivity contribution >= 4 is 23.3 Å². The lowest BCUT2D eigenvalue weighted by molar-refractivity contribution is -0.149. The molecule has 0 unspecified atom stereocenters. The molecule has 1 N–H and O–H groups in total. The number of ketones is 1. The average Bonchev–Trinajstić information content (AvgIpc) is 2.67. The molecule has 0 radical (unpaired) electrons. The van der Waals surface area contributed by atoms with E-state index >= 15 is 0 Å². The summed E-state index contributed by atoms with van der Waals surface area (Å²) in [7, 11) is 0. The van der Waals surface area contributed by atoms with Crippen LogP contribution in [0.25, 0.3) is 0 Å². The minimum absolute atomic E-state index is 0.0378. The van der Waals surface area contributed by atoms with E-state index in [4.69, 9.17) is 9.47 Å². The molecule has 0 saturated carbocycles. The number of rotatable bonds is 8. The Morgan fingerprint density at radius 2 is 1.56 bits per heavy atom. The zero-order valence-corrected chi connectivity index (χ0v) is 15.7. The molecule has 0 bridgehead atoms. The van der Waals surface area contributed by atoms with Crippen LogP contribution >= 0.6 is 0 Å². The molecule has 0 aliphatic carbocycles. The summed E-state index contributed by atoms with van der Waals surface area (Å²) < 4.78 is 10.2. The Morgan fingerprint density at radius 1 is 0.926 bits per heavy atom. The van der Waals surface area contributed by atoms with Crippen molar-refractivity contribution in [1.82, 2.24) is 0 Å². The minimum Gasteiger partial charge on any atom is -0.482 e. The molecule has 0 aliphatic rings. The Kier molecular flexibility index (Phi) is 7.11. The fraction of sp³-hybridized carbons (Fsp3) is 0.286. The van der Waals surface area contributed by atoms with Crippen LogP contribution in [0.3, 0.4) is 0 Å². The first-order chi connectivity index (χ1) is 12.9. The largest absolute Gasteiger partial charge is 0.482 e. The van der Waals surface area contributed by atoms with E-state index in [1.54, 1.807) is 31.2 Å². The lowest BCUT2D eigenvalue weighted by Crippen LogP contribution is -2.24. The number of anilines is 1. The van der Waals surface area contributed by atoms with Gasteiger partial charge in [0, 0.05) is 17.7 Å². The molecular weight excluding hydrogens is 346 g/mol. The number of carbonyl (C=O) groups excluding carboxylic acids is 3. The molecule has 0 aliphatic heterocycles. The van der Waals surface area contributed by atoms with Crippen molar-refractivity contribution in [2.24, 2.45) is 0 Å². The maximum absolute atomic E-state index is 12.0. The Morgan fingerprint density at radius 3 is 2.15 bits per heavy atom. The SMILES string of the molecule is CCC(=O)c1ccc(OCC(=O)OCC(=O)Nc2c(C)cccc2C)cc1. The van der Waals surface area contributed by atoms with E-state index in [1.165, 1.54) is 0 Å². The first-order valence-electron chi connectivity index (χ1n) is 8.68. The quantitative estimate of drug-likeness (QED) is 0.569. The van der Waals surface area contributed by atoms with Gasteiger partial charge in [0.05, 0.1) is 0 Å². The molecule has 0 saturated heterocycles. The topological polar surface area (TPSA) is 81.7 Å². The van der Waals surface area contributed by atoms with Gasteiger partial charge in [0.1, 0.15) is 5.75 Å². The molecular formula is C21H23NO5. The highest BCUT2D eigenvalue weighted by Crippen LogP contribution is 2.19. The average molecular weight is 369 g/mol. The van der Waals surface area contributed by atoms with Crippen LogP contribution in [-0.4, -0.2) is 30.9 Å². The molecule has 2 aromatic rings. The van der Waals surface area contributed by atoms with Crippen LogP contribution in [-0.2, 0) is 14.3 Å². The summed E-state index contributed by atoms with van der Waals surface area (Å²) in [5.74, 6) is -0.584. The van der Waals surface area contributed by atoms with E-state index in [0.717, 1.165) is 16.8 Å². The van der Waals surface area contributed by atoms with E-state index in [9.17, 15) is 14.4 Å². The van der Waals surface area contributed by atoms with Gasteiger partial charge in [0.25, 0.3) is 5.91 Å². The maximum Gasteiger partial charge on any atom is 0.344 e. The summed E-state index contributed by atoms with van der Waals surface area (Å²) in [4.78, 5) is 35.3. The molecule has 0 aromatic heterocycles. The van der Waals surface area contributed by atoms with Gasteiger partial charge in [-0.25, -0.2) is 4.79 Å². The number of amides is 1. The van der Waals surface area contributed by atoms with Gasteiger partial charge in [-0.3, -0.25) is 9.59 Å². The third-order valence-corrected chi connectivity index (χ3v) is 3.96. The number of hydrogen-bond acceptors (Lipinski definition) is 5. The molecule has 2 aromatic carbocycles. The summed E-state index contributed by atoms with van der Waals surface area (Å²) in [6.45, 7) is 4.86. The number of para-hydroxylation sites is 1. The lowest BCUT2D eigenvalue weighted by atomic mass is 10.1. The van der Waals surface area contributed by atoms with Crippen LogP contribution < -0.4 is 10.1 Å². The summed E-state index contributed by atoms with van der Waals surface area (Å²) in [5, 5.41) is 2.74. The monoisotopic (exact) mass is 369 g/mol. The molecule has 2 rings (SSSR count). The Hall–Kier alpha value is -3.15. The summed E-state index contributed by atoms with van der Waals surface area (Å²) in [5.41, 5.74) is 3.18. The molecule has 0 atom stereocenters. The number of aryl methyl sites for hydroxylation is 2. The molecule has 142 valence electrons. The predicted molar refractivity (Wildman–Crippen MR) is 102 cm³/mol. The van der Waals surface area contributed by atoms with Gasteiger partial charge in [-0.1, -0.05) is 25.1 Å². The highest BCUT2D eigenvalue weighted by Gasteiger charge is 2.11. The number of esters is 1. The van der Waals surface area contributed by atoms with E-state index in [1.807, 2.05) is 32.0 Å². The van der Waals surface area contributed by atoms with Crippen LogP contribution in [0.15, 0.2) is 42.5 Å². The van der Waals surface area contributed by atoms with Crippen molar-refractivity contribution in [3.63, 3.8) is 0 Å². The summed E-state index contributed by atoms with van der Waals surface area (Å²) >= 11 is 0. The van der Waals surface area contributed by atoms with Crippen LogP contribution in [0.4, 0.5) is 5.69 Å². The van der Waals surface area contributed by atoms with Crippen molar-refractivity contribution < 1.29 is 23.9 Å². The summed E-state index contributed by atoms with van der Waals surface area (Å²) in [6, 6.07) is 12.2. The van der Waals surface area contributed by atoms with Gasteiger partial charge in [0.15, 0.2) is 19.0 Å². The molecule has 6 nitrogen and oxygen atoms in total. The molecule has 0 heterocycles. The van der Waals surface area contributed by atoms with E-state index in [2.05, 4.69) is 5.32 Å². The first-order valence-corrected chi connectivity index (χ1v) is 8.68. The number of benzene rings is 2. The Balaban J connectivity index is 1.77. The van der Waals surface area contributed by atoms with Crippen LogP contribution in [0, 0.1) is 13.8 Å². The number of hydrogen-bond donors (Lipinski definition) is 1. The second-order valence-electron chi connectivity index (χ2n) is 6.07. The van der Waals surface area contributed by atoms with Gasteiger partial charge < -0.3 is 14.8 Å². The minimum atomic E-state index is -0.652. The number of Topliss-reactive ketones (excluding diaryl/α,β-unsaturated/α-hetero) is 1. The zero-order chi connectivity index (χ0) is 19.8. The van der Waals surface area contributed by atoms with Crippen molar-refractivity contribution in [1.29, 1.82) is 0 Å². The zero-order valence-electron chi connectivity index (χ0n) is 15.7. The van der Waals surface area contributed by atoms with Crippen molar-refractivity contribution in [3.8, 4) is 5.75 Å². The maximum atomic E-state index is 12.0. The van der Waals surface area contributed by atoms with Crippen LogP contribution in [0.2, 0.25) is 0 Å². The Labute approximate surface area is 158 Å². The molecule has 27 heavy (non-hydrogen) atoms. The standard InChI is InChI=1S/C21H23NO5/c1-4-18(23)16-8-10-17(11-9-16)26-13-20(25)27-12-19(24)22-21-14(2)6-5-7-15(21)3/h5-11H,4,12-13H2,1-3H3,(H,22,24). The summed E-state index contributed by atoms with van der Waals surface area (Å²) in [6.07, 6.45) is 0.427. The fourth-order valence-corrected chi connectivity index (χ4v) is 2.46. The molecule has 0 spiro atoms. The van der Waals surface area contributed by atoms with E-state index < -0.39 is 11.9 Å². The smallest absolute Gasteiger partial charge is 0.344 e. The van der Waals surface area contributed by atoms with Gasteiger partial charge in [-0.15, -0.1) is 0 Å². The van der Waals surface area contributed by atoms with Crippen LogP contribution in [0.1, 0.15) is 34.8 Å². The van der Waals surface area contributed by atoms with Crippen molar-refractivity contribution in [3.05, 3.63) is 59.2 Å². The molecule has 1 amide bonds. The van der Waals surface area contributed by atoms with Gasteiger partial charge in [-0.2, -0.15) is 0 Å². The number of ether oxygens (including phenoxy) is 2. The predicted octanol–water partition coefficient (Wildman–Crippen LogP) is 3.46. The first kappa shape index (κ1) is 20.2. The molecule has 6 heteroatoms. The van der Waals surface area contributed by atoms with E-state index in [0.29, 0.717) is 17.7 Å². The van der Waals surface area contributed by atoms with Crippen LogP contribution in [0.5, 0.6) is 5.75 Å². The van der Waals surface area contributed by atoms with Gasteiger partial charge >= 0.3 is 5.97 Å². The van der Waals surface area contributed by atoms with Gasteiger partial charge in [0.2, 0.25) is 0 Å². The number of nitrogens with one attached hydrogen (secondary N) is 1. The third-order valence-electron chi connectivity index (χ3n) is 3.96. The molecule has 0 fully saturated rings. The van der Waals surface area contributed by atoms with E-state index in [-0.39, 0.29) is 19.0 Å². The van der Waals surface area contributed by atoms with Gasteiger partial charge in [-0.05, 0) is 49.2 Å².